The van der Waals surface area contributed by atoms with Gasteiger partial charge in [0, 0.05) is 17.5 Å². The lowest BCUT2D eigenvalue weighted by Crippen LogP contribution is -1.98. The monoisotopic (exact) mass is 235 g/mol. The summed E-state index contributed by atoms with van der Waals surface area (Å²) in [6, 6.07) is 6.17. The van der Waals surface area contributed by atoms with E-state index < -0.39 is 11.8 Å². The van der Waals surface area contributed by atoms with Crippen LogP contribution in [0.5, 0.6) is 0 Å². The molecule has 0 aliphatic rings. The molecule has 1 aromatic heterocycles. The summed E-state index contributed by atoms with van der Waals surface area (Å²) in [5.74, 6) is -1.32. The zero-order valence-electron chi connectivity index (χ0n) is 8.89. The highest BCUT2D eigenvalue weighted by Crippen LogP contribution is 2.25. The second-order valence-electron chi connectivity index (χ2n) is 3.56. The Morgan fingerprint density at radius 3 is 2.88 bits per heavy atom. The van der Waals surface area contributed by atoms with Crippen molar-refractivity contribution in [3.05, 3.63) is 41.9 Å². The van der Waals surface area contributed by atoms with Crippen LogP contribution < -0.4 is 0 Å². The van der Waals surface area contributed by atoms with Gasteiger partial charge in [-0.1, -0.05) is 17.3 Å². The molecular weight excluding hydrogens is 225 g/mol. The summed E-state index contributed by atoms with van der Waals surface area (Å²) in [7, 11) is 0. The highest BCUT2D eigenvalue weighted by Gasteiger charge is 2.14. The van der Waals surface area contributed by atoms with Gasteiger partial charge < -0.3 is 9.63 Å². The summed E-state index contributed by atoms with van der Waals surface area (Å²) < 4.78 is 18.3. The number of rotatable bonds is 4. The minimum atomic E-state index is -0.911. The first kappa shape index (κ1) is 11.3. The predicted molar refractivity (Wildman–Crippen MR) is 57.9 cm³/mol. The third-order valence-electron chi connectivity index (χ3n) is 2.38. The molecule has 88 valence electrons. The molecule has 0 spiro atoms. The molecule has 0 aliphatic carbocycles. The van der Waals surface area contributed by atoms with Gasteiger partial charge in [0.15, 0.2) is 0 Å². The van der Waals surface area contributed by atoms with Gasteiger partial charge in [-0.25, -0.2) is 4.39 Å². The molecule has 2 aromatic rings. The Labute approximate surface area is 96.7 Å². The van der Waals surface area contributed by atoms with E-state index >= 15 is 0 Å². The van der Waals surface area contributed by atoms with Crippen LogP contribution in [0.3, 0.4) is 0 Å². The number of aryl methyl sites for hydroxylation is 1. The van der Waals surface area contributed by atoms with Crippen molar-refractivity contribution >= 4 is 5.97 Å². The number of hydrogen-bond donors (Lipinski definition) is 1. The molecule has 2 rings (SSSR count). The molecule has 0 saturated carbocycles. The summed E-state index contributed by atoms with van der Waals surface area (Å²) in [4.78, 5) is 10.5. The van der Waals surface area contributed by atoms with E-state index in [4.69, 9.17) is 9.63 Å². The van der Waals surface area contributed by atoms with Crippen molar-refractivity contribution in [2.45, 2.75) is 12.8 Å². The Hall–Kier alpha value is -2.17. The molecule has 1 heterocycles. The SMILES string of the molecule is O=C(O)CCc1conc1-c1ccccc1F. The first-order chi connectivity index (χ1) is 8.18. The van der Waals surface area contributed by atoms with Gasteiger partial charge in [-0.2, -0.15) is 0 Å². The molecule has 0 atom stereocenters. The third-order valence-corrected chi connectivity index (χ3v) is 2.38. The lowest BCUT2D eigenvalue weighted by atomic mass is 10.0. The van der Waals surface area contributed by atoms with E-state index in [0.29, 0.717) is 16.8 Å². The van der Waals surface area contributed by atoms with Crippen molar-refractivity contribution in [2.24, 2.45) is 0 Å². The Morgan fingerprint density at radius 2 is 2.18 bits per heavy atom. The van der Waals surface area contributed by atoms with Gasteiger partial charge in [0.1, 0.15) is 17.8 Å². The fraction of sp³-hybridized carbons (Fsp3) is 0.167. The van der Waals surface area contributed by atoms with Crippen molar-refractivity contribution in [1.29, 1.82) is 0 Å². The topological polar surface area (TPSA) is 63.3 Å². The molecule has 0 bridgehead atoms. The Morgan fingerprint density at radius 1 is 1.41 bits per heavy atom. The van der Waals surface area contributed by atoms with Gasteiger partial charge in [-0.05, 0) is 18.6 Å². The van der Waals surface area contributed by atoms with E-state index in [9.17, 15) is 9.18 Å². The first-order valence-corrected chi connectivity index (χ1v) is 5.08. The number of halogens is 1. The quantitative estimate of drug-likeness (QED) is 0.884. The van der Waals surface area contributed by atoms with Gasteiger partial charge >= 0.3 is 5.97 Å². The van der Waals surface area contributed by atoms with Crippen LogP contribution in [0.1, 0.15) is 12.0 Å². The maximum atomic E-state index is 13.5. The van der Waals surface area contributed by atoms with Crippen LogP contribution >= 0.6 is 0 Å². The van der Waals surface area contributed by atoms with E-state index in [1.807, 2.05) is 0 Å². The molecule has 17 heavy (non-hydrogen) atoms. The first-order valence-electron chi connectivity index (χ1n) is 5.08. The minimum Gasteiger partial charge on any atom is -0.481 e. The van der Waals surface area contributed by atoms with E-state index in [-0.39, 0.29) is 12.8 Å². The van der Waals surface area contributed by atoms with E-state index in [0.717, 1.165) is 0 Å². The fourth-order valence-corrected chi connectivity index (χ4v) is 1.55. The standard InChI is InChI=1S/C12H10FNO3/c13-10-4-2-1-3-9(10)12-8(7-17-14-12)5-6-11(15)16/h1-4,7H,5-6H2,(H,15,16). The van der Waals surface area contributed by atoms with Crippen LogP contribution in [0.4, 0.5) is 4.39 Å². The predicted octanol–water partition coefficient (Wildman–Crippen LogP) is 2.50. The number of hydrogen-bond acceptors (Lipinski definition) is 3. The highest BCUT2D eigenvalue weighted by atomic mass is 19.1. The zero-order chi connectivity index (χ0) is 12.3. The fourth-order valence-electron chi connectivity index (χ4n) is 1.55. The summed E-state index contributed by atoms with van der Waals surface area (Å²) in [6.45, 7) is 0. The van der Waals surface area contributed by atoms with E-state index in [1.165, 1.54) is 12.3 Å². The molecule has 0 saturated heterocycles. The van der Waals surface area contributed by atoms with Crippen molar-refractivity contribution in [1.82, 2.24) is 5.16 Å². The Bertz CT molecular complexity index is 536. The molecule has 4 nitrogen and oxygen atoms in total. The van der Waals surface area contributed by atoms with Crippen LogP contribution in [0.25, 0.3) is 11.3 Å². The molecular formula is C12H10FNO3. The average Bonchev–Trinajstić information content (AvgIpc) is 2.75. The van der Waals surface area contributed by atoms with Gasteiger partial charge in [0.2, 0.25) is 0 Å². The van der Waals surface area contributed by atoms with Crippen LogP contribution in [0.15, 0.2) is 35.1 Å². The number of benzene rings is 1. The summed E-state index contributed by atoms with van der Waals surface area (Å²) >= 11 is 0. The van der Waals surface area contributed by atoms with E-state index in [2.05, 4.69) is 5.16 Å². The third kappa shape index (κ3) is 2.50. The number of carboxylic acid groups (broad SMARTS) is 1. The number of aromatic nitrogens is 1. The highest BCUT2D eigenvalue weighted by molar-refractivity contribution is 5.68. The lowest BCUT2D eigenvalue weighted by Gasteiger charge is -2.01. The number of nitrogens with zero attached hydrogens (tertiary/aromatic N) is 1. The van der Waals surface area contributed by atoms with Crippen LogP contribution in [-0.2, 0) is 11.2 Å². The van der Waals surface area contributed by atoms with Crippen LogP contribution in [0.2, 0.25) is 0 Å². The molecule has 0 amide bonds. The summed E-state index contributed by atoms with van der Waals surface area (Å²) in [5.41, 5.74) is 1.28. The van der Waals surface area contributed by atoms with Crippen molar-refractivity contribution < 1.29 is 18.8 Å². The number of carboxylic acids is 1. The van der Waals surface area contributed by atoms with Crippen LogP contribution in [0, 0.1) is 5.82 Å². The van der Waals surface area contributed by atoms with Gasteiger partial charge in [-0.3, -0.25) is 4.79 Å². The Kier molecular flexibility index (Phi) is 3.18. The normalized spacial score (nSPS) is 10.4. The Balaban J connectivity index is 2.31. The largest absolute Gasteiger partial charge is 0.481 e. The second kappa shape index (κ2) is 4.78. The minimum absolute atomic E-state index is 0.0390. The molecule has 1 N–H and O–H groups in total. The van der Waals surface area contributed by atoms with Crippen molar-refractivity contribution in [2.75, 3.05) is 0 Å². The molecule has 0 radical (unpaired) electrons. The maximum Gasteiger partial charge on any atom is 0.303 e. The van der Waals surface area contributed by atoms with Crippen LogP contribution in [-0.4, -0.2) is 16.2 Å². The molecule has 0 unspecified atom stereocenters. The molecule has 0 aliphatic heterocycles. The van der Waals surface area contributed by atoms with Gasteiger partial charge in [0.05, 0.1) is 0 Å². The van der Waals surface area contributed by atoms with Gasteiger partial charge in [-0.15, -0.1) is 0 Å². The number of carbonyl (C=O) groups is 1. The van der Waals surface area contributed by atoms with Gasteiger partial charge in [0.25, 0.3) is 0 Å². The smallest absolute Gasteiger partial charge is 0.303 e. The maximum absolute atomic E-state index is 13.5. The average molecular weight is 235 g/mol. The van der Waals surface area contributed by atoms with E-state index in [1.54, 1.807) is 18.2 Å². The molecule has 5 heteroatoms. The second-order valence-corrected chi connectivity index (χ2v) is 3.56. The van der Waals surface area contributed by atoms with Crippen molar-refractivity contribution in [3.8, 4) is 11.3 Å². The molecule has 0 fully saturated rings. The molecule has 1 aromatic carbocycles. The number of aliphatic carboxylic acids is 1. The summed E-state index contributed by atoms with van der Waals surface area (Å²) in [5, 5.41) is 12.3. The van der Waals surface area contributed by atoms with Crippen molar-refractivity contribution in [3.63, 3.8) is 0 Å². The lowest BCUT2D eigenvalue weighted by molar-refractivity contribution is -0.136. The summed E-state index contributed by atoms with van der Waals surface area (Å²) in [6.07, 6.45) is 1.58. The zero-order valence-corrected chi connectivity index (χ0v) is 8.89.